The van der Waals surface area contributed by atoms with Gasteiger partial charge in [0.25, 0.3) is 0 Å². The molecule has 0 aliphatic rings. The number of hydrogen-bond acceptors (Lipinski definition) is 3. The number of aliphatic carboxylic acids is 1. The van der Waals surface area contributed by atoms with E-state index in [1.165, 1.54) is 13.0 Å². The fraction of sp³-hybridized carbons (Fsp3) is 0.231. The van der Waals surface area contributed by atoms with Crippen LogP contribution < -0.4 is 4.74 Å². The molecule has 0 bridgehead atoms. The van der Waals surface area contributed by atoms with Gasteiger partial charge in [0.15, 0.2) is 0 Å². The van der Waals surface area contributed by atoms with Gasteiger partial charge in [-0.15, -0.1) is 13.2 Å². The van der Waals surface area contributed by atoms with E-state index in [0.29, 0.717) is 5.56 Å². The third-order valence-corrected chi connectivity index (χ3v) is 3.47. The Morgan fingerprint density at radius 1 is 1.38 bits per heavy atom. The summed E-state index contributed by atoms with van der Waals surface area (Å²) in [7, 11) is 0. The molecule has 1 unspecified atom stereocenters. The van der Waals surface area contributed by atoms with Gasteiger partial charge in [0.05, 0.1) is 4.83 Å². The van der Waals surface area contributed by atoms with Crippen LogP contribution in [0, 0.1) is 0 Å². The van der Waals surface area contributed by atoms with E-state index in [2.05, 4.69) is 20.7 Å². The lowest BCUT2D eigenvalue weighted by molar-refractivity contribution is -0.274. The van der Waals surface area contributed by atoms with Gasteiger partial charge in [-0.05, 0) is 36.3 Å². The molecule has 1 aromatic carbocycles. The predicted molar refractivity (Wildman–Crippen MR) is 72.1 cm³/mol. The number of carbonyl (C=O) groups is 2. The molecule has 0 fully saturated rings. The Labute approximate surface area is 126 Å². The van der Waals surface area contributed by atoms with Gasteiger partial charge in [0, 0.05) is 6.08 Å². The van der Waals surface area contributed by atoms with Crippen molar-refractivity contribution in [3.05, 3.63) is 35.4 Å². The molecular weight excluding hydrogens is 357 g/mol. The third kappa shape index (κ3) is 5.58. The summed E-state index contributed by atoms with van der Waals surface area (Å²) >= 11 is 3.10. The van der Waals surface area contributed by atoms with Crippen LogP contribution in [0.25, 0.3) is 6.08 Å². The van der Waals surface area contributed by atoms with Crippen LogP contribution in [-0.4, -0.2) is 23.2 Å². The van der Waals surface area contributed by atoms with E-state index in [-0.39, 0.29) is 11.3 Å². The number of Topliss-reactive ketones (excluding diaryl/α,β-unsaturated/α-hetero) is 1. The molecule has 0 amide bonds. The van der Waals surface area contributed by atoms with Crippen molar-refractivity contribution in [2.24, 2.45) is 0 Å². The van der Waals surface area contributed by atoms with Crippen LogP contribution in [-0.2, 0) is 9.59 Å². The number of carbonyl (C=O) groups excluding carboxylic acids is 1. The molecule has 0 radical (unpaired) electrons. The lowest BCUT2D eigenvalue weighted by Gasteiger charge is -2.14. The maximum Gasteiger partial charge on any atom is 0.573 e. The molecule has 21 heavy (non-hydrogen) atoms. The monoisotopic (exact) mass is 366 g/mol. The van der Waals surface area contributed by atoms with Crippen molar-refractivity contribution in [1.29, 1.82) is 0 Å². The standard InChI is InChI=1S/C13H10BrF3O4/c1-7(18)12(14)10-4-3-9(21-13(15,16)17)6-8(10)2-5-11(19)20/h2-6,12H,1H3,(H,19,20). The van der Waals surface area contributed by atoms with Crippen LogP contribution in [0.4, 0.5) is 13.2 Å². The molecule has 0 saturated carbocycles. The fourth-order valence-electron chi connectivity index (χ4n) is 1.51. The first-order valence-electron chi connectivity index (χ1n) is 5.55. The maximum absolute atomic E-state index is 12.2. The van der Waals surface area contributed by atoms with Crippen molar-refractivity contribution in [2.75, 3.05) is 0 Å². The summed E-state index contributed by atoms with van der Waals surface area (Å²) in [6.07, 6.45) is -3.00. The number of benzene rings is 1. The van der Waals surface area contributed by atoms with Gasteiger partial charge >= 0.3 is 12.3 Å². The van der Waals surface area contributed by atoms with Gasteiger partial charge in [0.2, 0.25) is 0 Å². The molecule has 0 spiro atoms. The van der Waals surface area contributed by atoms with Crippen LogP contribution in [0.5, 0.6) is 5.75 Å². The summed E-state index contributed by atoms with van der Waals surface area (Å²) in [5.74, 6) is -2.04. The first-order valence-corrected chi connectivity index (χ1v) is 6.47. The third-order valence-electron chi connectivity index (χ3n) is 2.33. The Morgan fingerprint density at radius 3 is 2.48 bits per heavy atom. The van der Waals surface area contributed by atoms with Crippen LogP contribution in [0.3, 0.4) is 0 Å². The molecule has 0 aromatic heterocycles. The number of alkyl halides is 4. The maximum atomic E-state index is 12.2. The van der Waals surface area contributed by atoms with Gasteiger partial charge in [-0.25, -0.2) is 4.79 Å². The first kappa shape index (κ1) is 17.2. The average molecular weight is 367 g/mol. The fourth-order valence-corrected chi connectivity index (χ4v) is 1.92. The Balaban J connectivity index is 3.26. The highest BCUT2D eigenvalue weighted by Crippen LogP contribution is 2.32. The van der Waals surface area contributed by atoms with Gasteiger partial charge in [-0.1, -0.05) is 22.0 Å². The van der Waals surface area contributed by atoms with E-state index in [4.69, 9.17) is 5.11 Å². The Bertz CT molecular complexity index is 581. The number of carboxylic acid groups (broad SMARTS) is 1. The second-order valence-electron chi connectivity index (χ2n) is 3.98. The average Bonchev–Trinajstić information content (AvgIpc) is 2.33. The zero-order valence-electron chi connectivity index (χ0n) is 10.6. The number of ether oxygens (including phenoxy) is 1. The Hall–Kier alpha value is -1.83. The minimum absolute atomic E-state index is 0.135. The quantitative estimate of drug-likeness (QED) is 0.637. The van der Waals surface area contributed by atoms with Crippen LogP contribution in [0.1, 0.15) is 22.9 Å². The number of hydrogen-bond donors (Lipinski definition) is 1. The van der Waals surface area contributed by atoms with E-state index in [0.717, 1.165) is 24.3 Å². The highest BCUT2D eigenvalue weighted by Gasteiger charge is 2.31. The molecule has 114 valence electrons. The van der Waals surface area contributed by atoms with Crippen molar-refractivity contribution in [2.45, 2.75) is 18.1 Å². The van der Waals surface area contributed by atoms with Crippen LogP contribution in [0.15, 0.2) is 24.3 Å². The summed E-state index contributed by atoms with van der Waals surface area (Å²) in [5.41, 5.74) is 0.478. The highest BCUT2D eigenvalue weighted by molar-refractivity contribution is 9.09. The molecule has 0 saturated heterocycles. The van der Waals surface area contributed by atoms with Crippen LogP contribution in [0.2, 0.25) is 0 Å². The lowest BCUT2D eigenvalue weighted by atomic mass is 10.0. The predicted octanol–water partition coefficient (Wildman–Crippen LogP) is 3.71. The highest BCUT2D eigenvalue weighted by atomic mass is 79.9. The van der Waals surface area contributed by atoms with Crippen LogP contribution >= 0.6 is 15.9 Å². The van der Waals surface area contributed by atoms with Gasteiger partial charge < -0.3 is 9.84 Å². The van der Waals surface area contributed by atoms with Crippen molar-refractivity contribution in [1.82, 2.24) is 0 Å². The SMILES string of the molecule is CC(=O)C(Br)c1ccc(OC(F)(F)F)cc1C=CC(=O)O. The number of carboxylic acids is 1. The second kappa shape index (κ2) is 6.75. The van der Waals surface area contributed by atoms with Crippen molar-refractivity contribution in [3.63, 3.8) is 0 Å². The van der Waals surface area contributed by atoms with Gasteiger partial charge in [0.1, 0.15) is 11.5 Å². The van der Waals surface area contributed by atoms with Crippen molar-refractivity contribution < 1.29 is 32.6 Å². The Kier molecular flexibility index (Phi) is 5.54. The summed E-state index contributed by atoms with van der Waals surface area (Å²) < 4.78 is 40.3. The molecule has 8 heteroatoms. The first-order chi connectivity index (χ1) is 9.60. The zero-order chi connectivity index (χ0) is 16.2. The van der Waals surface area contributed by atoms with E-state index in [9.17, 15) is 22.8 Å². The van der Waals surface area contributed by atoms with E-state index < -0.39 is 22.9 Å². The second-order valence-corrected chi connectivity index (χ2v) is 4.90. The molecule has 0 aliphatic carbocycles. The largest absolute Gasteiger partial charge is 0.573 e. The van der Waals surface area contributed by atoms with E-state index >= 15 is 0 Å². The van der Waals surface area contributed by atoms with E-state index in [1.807, 2.05) is 0 Å². The molecule has 1 N–H and O–H groups in total. The van der Waals surface area contributed by atoms with Gasteiger partial charge in [-0.3, -0.25) is 4.79 Å². The Morgan fingerprint density at radius 2 is 2.00 bits per heavy atom. The zero-order valence-corrected chi connectivity index (χ0v) is 12.2. The molecule has 1 rings (SSSR count). The van der Waals surface area contributed by atoms with Crippen molar-refractivity contribution >= 4 is 33.8 Å². The summed E-state index contributed by atoms with van der Waals surface area (Å²) in [4.78, 5) is 21.1. The molecule has 1 aromatic rings. The molecular formula is C13H10BrF3O4. The summed E-state index contributed by atoms with van der Waals surface area (Å²) in [6, 6.07) is 3.33. The number of rotatable bonds is 5. The minimum atomic E-state index is -4.86. The van der Waals surface area contributed by atoms with Crippen molar-refractivity contribution in [3.8, 4) is 5.75 Å². The summed E-state index contributed by atoms with van der Waals surface area (Å²) in [6.45, 7) is 1.30. The number of halogens is 4. The topological polar surface area (TPSA) is 63.6 Å². The van der Waals surface area contributed by atoms with E-state index in [1.54, 1.807) is 0 Å². The minimum Gasteiger partial charge on any atom is -0.478 e. The molecule has 0 aliphatic heterocycles. The molecule has 0 heterocycles. The molecule has 1 atom stereocenters. The van der Waals surface area contributed by atoms with Gasteiger partial charge in [-0.2, -0.15) is 0 Å². The summed E-state index contributed by atoms with van der Waals surface area (Å²) in [5, 5.41) is 8.59. The normalized spacial score (nSPS) is 13.2. The molecule has 4 nitrogen and oxygen atoms in total. The smallest absolute Gasteiger partial charge is 0.478 e. The lowest BCUT2D eigenvalue weighted by Crippen LogP contribution is -2.17. The number of ketones is 1.